The van der Waals surface area contributed by atoms with Crippen LogP contribution >= 0.6 is 0 Å². The summed E-state index contributed by atoms with van der Waals surface area (Å²) < 4.78 is 5.18. The maximum absolute atomic E-state index is 12.8. The molecule has 3 atom stereocenters. The molecule has 0 radical (unpaired) electrons. The molecule has 3 unspecified atom stereocenters. The molecule has 5 heteroatoms. The van der Waals surface area contributed by atoms with Crippen molar-refractivity contribution in [1.29, 1.82) is 0 Å². The quantitative estimate of drug-likeness (QED) is 0.609. The Morgan fingerprint density at radius 1 is 1.48 bits per heavy atom. The predicted octanol–water partition coefficient (Wildman–Crippen LogP) is 2.54. The highest BCUT2D eigenvalue weighted by Gasteiger charge is 2.62. The van der Waals surface area contributed by atoms with E-state index < -0.39 is 0 Å². The van der Waals surface area contributed by atoms with Crippen molar-refractivity contribution in [1.82, 2.24) is 4.90 Å². The van der Waals surface area contributed by atoms with Crippen molar-refractivity contribution in [2.75, 3.05) is 25.5 Å². The van der Waals surface area contributed by atoms with Crippen LogP contribution in [0.3, 0.4) is 0 Å². The highest BCUT2D eigenvalue weighted by atomic mass is 16.5. The van der Waals surface area contributed by atoms with Gasteiger partial charge in [-0.05, 0) is 31.4 Å². The number of fused-ring (bicyclic) bond motifs is 2. The number of methoxy groups -OCH3 is 1. The first-order chi connectivity index (χ1) is 12.1. The number of ether oxygens (including phenoxy) is 1. The van der Waals surface area contributed by atoms with Crippen molar-refractivity contribution in [3.05, 3.63) is 46.7 Å². The van der Waals surface area contributed by atoms with Gasteiger partial charge in [-0.15, -0.1) is 0 Å². The van der Waals surface area contributed by atoms with Crippen LogP contribution in [0.25, 0.3) is 0 Å². The summed E-state index contributed by atoms with van der Waals surface area (Å²) in [5, 5.41) is 13.4. The SMILES string of the molecule is CC=C1CN2CCC34C(=C(C(=O)OC)C1CC23)Nc1cc(O)ccc14. The van der Waals surface area contributed by atoms with Gasteiger partial charge in [-0.1, -0.05) is 17.7 Å². The summed E-state index contributed by atoms with van der Waals surface area (Å²) in [6.07, 6.45) is 4.10. The monoisotopic (exact) mass is 338 g/mol. The molecular weight excluding hydrogens is 316 g/mol. The second kappa shape index (κ2) is 4.88. The molecule has 1 aromatic rings. The number of nitrogens with zero attached hydrogens (tertiary/aromatic N) is 1. The Kier molecular flexibility index (Phi) is 2.93. The molecule has 3 heterocycles. The smallest absolute Gasteiger partial charge is 0.336 e. The number of esters is 1. The summed E-state index contributed by atoms with van der Waals surface area (Å²) >= 11 is 0. The van der Waals surface area contributed by atoms with Crippen LogP contribution in [0.5, 0.6) is 5.75 Å². The van der Waals surface area contributed by atoms with E-state index in [-0.39, 0.29) is 23.1 Å². The number of carbonyl (C=O) groups is 1. The third-order valence-corrected chi connectivity index (χ3v) is 6.68. The van der Waals surface area contributed by atoms with Crippen LogP contribution in [0.4, 0.5) is 5.69 Å². The van der Waals surface area contributed by atoms with E-state index in [1.54, 1.807) is 12.1 Å². The number of hydrogen-bond acceptors (Lipinski definition) is 5. The van der Waals surface area contributed by atoms with E-state index in [1.807, 2.05) is 6.07 Å². The molecule has 0 saturated carbocycles. The van der Waals surface area contributed by atoms with Gasteiger partial charge >= 0.3 is 5.97 Å². The van der Waals surface area contributed by atoms with Crippen molar-refractivity contribution >= 4 is 11.7 Å². The summed E-state index contributed by atoms with van der Waals surface area (Å²) in [7, 11) is 1.46. The topological polar surface area (TPSA) is 61.8 Å². The standard InChI is InChI=1S/C20H22N2O3/c1-3-11-10-22-7-6-20-14-5-4-12(23)8-15(14)21-18(20)17(19(24)25-2)13(11)9-16(20)22/h3-5,8,13,16,21,23H,6-7,9-10H2,1-2H3. The molecule has 2 fully saturated rings. The van der Waals surface area contributed by atoms with Crippen molar-refractivity contribution in [2.45, 2.75) is 31.2 Å². The lowest BCUT2D eigenvalue weighted by atomic mass is 9.62. The van der Waals surface area contributed by atoms with Crippen LogP contribution in [0, 0.1) is 5.92 Å². The van der Waals surface area contributed by atoms with E-state index in [0.717, 1.165) is 42.9 Å². The van der Waals surface area contributed by atoms with Crippen molar-refractivity contribution in [2.24, 2.45) is 5.92 Å². The lowest BCUT2D eigenvalue weighted by Gasteiger charge is -2.48. The number of aromatic hydroxyl groups is 1. The highest BCUT2D eigenvalue weighted by Crippen LogP contribution is 2.61. The molecule has 1 aromatic carbocycles. The molecule has 2 N–H and O–H groups in total. The molecule has 5 rings (SSSR count). The number of hydrogen-bond donors (Lipinski definition) is 2. The summed E-state index contributed by atoms with van der Waals surface area (Å²) in [4.78, 5) is 15.3. The van der Waals surface area contributed by atoms with Crippen molar-refractivity contribution < 1.29 is 14.6 Å². The van der Waals surface area contributed by atoms with Gasteiger partial charge in [-0.2, -0.15) is 0 Å². The van der Waals surface area contributed by atoms with Gasteiger partial charge < -0.3 is 15.2 Å². The molecule has 25 heavy (non-hydrogen) atoms. The average molecular weight is 338 g/mol. The molecule has 3 aliphatic heterocycles. The van der Waals surface area contributed by atoms with Gasteiger partial charge in [0.05, 0.1) is 18.1 Å². The Labute approximate surface area is 147 Å². The molecular formula is C20H22N2O3. The number of benzene rings is 1. The molecule has 4 aliphatic rings. The maximum Gasteiger partial charge on any atom is 0.336 e. The molecule has 0 aromatic heterocycles. The average Bonchev–Trinajstić information content (AvgIpc) is 3.16. The molecule has 0 amide bonds. The van der Waals surface area contributed by atoms with Gasteiger partial charge in [0.25, 0.3) is 0 Å². The number of anilines is 1. The summed E-state index contributed by atoms with van der Waals surface area (Å²) in [6, 6.07) is 5.94. The van der Waals surface area contributed by atoms with Crippen LogP contribution in [0.15, 0.2) is 41.1 Å². The molecule has 1 aliphatic carbocycles. The largest absolute Gasteiger partial charge is 0.508 e. The minimum Gasteiger partial charge on any atom is -0.508 e. The van der Waals surface area contributed by atoms with E-state index in [0.29, 0.717) is 6.04 Å². The van der Waals surface area contributed by atoms with Crippen LogP contribution in [0.1, 0.15) is 25.3 Å². The Balaban J connectivity index is 1.81. The van der Waals surface area contributed by atoms with Crippen molar-refractivity contribution in [3.63, 3.8) is 0 Å². The van der Waals surface area contributed by atoms with Gasteiger partial charge in [0.15, 0.2) is 0 Å². The minimum atomic E-state index is -0.234. The van der Waals surface area contributed by atoms with E-state index in [9.17, 15) is 9.90 Å². The van der Waals surface area contributed by atoms with Crippen LogP contribution in [-0.2, 0) is 14.9 Å². The fourth-order valence-electron chi connectivity index (χ4n) is 5.66. The zero-order valence-corrected chi connectivity index (χ0v) is 14.5. The molecule has 130 valence electrons. The lowest BCUT2D eigenvalue weighted by molar-refractivity contribution is -0.137. The van der Waals surface area contributed by atoms with E-state index in [4.69, 9.17) is 4.74 Å². The predicted molar refractivity (Wildman–Crippen MR) is 94.3 cm³/mol. The number of rotatable bonds is 1. The van der Waals surface area contributed by atoms with E-state index >= 15 is 0 Å². The fourth-order valence-corrected chi connectivity index (χ4v) is 5.66. The number of phenolic OH excluding ortho intramolecular Hbond substituents is 1. The normalized spacial score (nSPS) is 33.9. The van der Waals surface area contributed by atoms with Crippen LogP contribution in [-0.4, -0.2) is 42.2 Å². The lowest BCUT2D eigenvalue weighted by Crippen LogP contribution is -2.53. The Morgan fingerprint density at radius 2 is 2.32 bits per heavy atom. The summed E-state index contributed by atoms with van der Waals surface area (Å²) in [5.41, 5.74) is 5.04. The van der Waals surface area contributed by atoms with E-state index in [1.165, 1.54) is 18.2 Å². The molecule has 2 saturated heterocycles. The van der Waals surface area contributed by atoms with Gasteiger partial charge in [-0.3, -0.25) is 4.90 Å². The van der Waals surface area contributed by atoms with Gasteiger partial charge in [0, 0.05) is 42.5 Å². The zero-order valence-electron chi connectivity index (χ0n) is 14.5. The minimum absolute atomic E-state index is 0.121. The molecule has 5 nitrogen and oxygen atoms in total. The summed E-state index contributed by atoms with van der Waals surface area (Å²) in [5.74, 6) is 0.130. The number of nitrogens with one attached hydrogen (secondary N) is 1. The Hall–Kier alpha value is -2.27. The van der Waals surface area contributed by atoms with Crippen LogP contribution < -0.4 is 5.32 Å². The first-order valence-corrected chi connectivity index (χ1v) is 8.92. The third-order valence-electron chi connectivity index (χ3n) is 6.68. The third kappa shape index (κ3) is 1.69. The first kappa shape index (κ1) is 15.0. The van der Waals surface area contributed by atoms with Crippen molar-refractivity contribution in [3.8, 4) is 5.75 Å². The molecule has 1 spiro atoms. The number of piperidine rings is 1. The van der Waals surface area contributed by atoms with Gasteiger partial charge in [0.2, 0.25) is 0 Å². The first-order valence-electron chi connectivity index (χ1n) is 8.92. The second-order valence-corrected chi connectivity index (χ2v) is 7.49. The van der Waals surface area contributed by atoms with Gasteiger partial charge in [-0.25, -0.2) is 4.79 Å². The highest BCUT2D eigenvalue weighted by molar-refractivity contribution is 5.94. The number of allylic oxidation sites excluding steroid dienone is 1. The second-order valence-electron chi connectivity index (χ2n) is 7.49. The summed E-state index contributed by atoms with van der Waals surface area (Å²) in [6.45, 7) is 4.01. The Morgan fingerprint density at radius 3 is 3.08 bits per heavy atom. The number of carbonyl (C=O) groups excluding carboxylic acids is 1. The number of phenols is 1. The maximum atomic E-state index is 12.8. The van der Waals surface area contributed by atoms with Gasteiger partial charge in [0.1, 0.15) is 5.75 Å². The zero-order chi connectivity index (χ0) is 17.3. The van der Waals surface area contributed by atoms with E-state index in [2.05, 4.69) is 23.2 Å². The Bertz CT molecular complexity index is 856. The van der Waals surface area contributed by atoms with Crippen LogP contribution in [0.2, 0.25) is 0 Å². The molecule has 2 bridgehead atoms. The fraction of sp³-hybridized carbons (Fsp3) is 0.450.